The van der Waals surface area contributed by atoms with Crippen LogP contribution in [0.4, 0.5) is 25.1 Å². The molecule has 1 aromatic rings. The summed E-state index contributed by atoms with van der Waals surface area (Å²) in [5, 5.41) is 2.83. The van der Waals surface area contributed by atoms with E-state index < -0.39 is 15.1 Å². The van der Waals surface area contributed by atoms with Crippen molar-refractivity contribution in [2.24, 2.45) is 0 Å². The molecule has 18 heavy (non-hydrogen) atoms. The van der Waals surface area contributed by atoms with E-state index in [0.29, 0.717) is 16.6 Å². The summed E-state index contributed by atoms with van der Waals surface area (Å²) in [4.78, 5) is -1.86. The van der Waals surface area contributed by atoms with E-state index in [0.717, 1.165) is 25.3 Å². The van der Waals surface area contributed by atoms with Gasteiger partial charge in [0, 0.05) is 10.5 Å². The van der Waals surface area contributed by atoms with Crippen molar-refractivity contribution in [3.63, 3.8) is 0 Å². The van der Waals surface area contributed by atoms with E-state index in [2.05, 4.69) is 21.2 Å². The first-order valence-corrected chi connectivity index (χ1v) is 8.00. The van der Waals surface area contributed by atoms with Crippen LogP contribution in [0.3, 0.4) is 0 Å². The van der Waals surface area contributed by atoms with E-state index in [-0.39, 0.29) is 11.7 Å². The lowest BCUT2D eigenvalue weighted by Crippen LogP contribution is -2.27. The Morgan fingerprint density at radius 2 is 1.72 bits per heavy atom. The van der Waals surface area contributed by atoms with E-state index >= 15 is 0 Å². The molecule has 0 amide bonds. The number of halogens is 6. The van der Waals surface area contributed by atoms with Crippen molar-refractivity contribution in [2.75, 3.05) is 5.32 Å². The Morgan fingerprint density at radius 3 is 2.17 bits per heavy atom. The zero-order valence-corrected chi connectivity index (χ0v) is 11.5. The molecule has 0 spiro atoms. The third-order valence-corrected chi connectivity index (χ3v) is 4.68. The van der Waals surface area contributed by atoms with Crippen LogP contribution < -0.4 is 5.32 Å². The van der Waals surface area contributed by atoms with Gasteiger partial charge in [0.25, 0.3) is 0 Å². The Bertz CT molecular complexity index is 482. The van der Waals surface area contributed by atoms with Crippen molar-refractivity contribution < 1.29 is 19.4 Å². The zero-order valence-electron chi connectivity index (χ0n) is 9.11. The maximum absolute atomic E-state index is 12.6. The molecule has 2 rings (SSSR count). The molecule has 0 bridgehead atoms. The van der Waals surface area contributed by atoms with Crippen LogP contribution in [-0.4, -0.2) is 6.04 Å². The van der Waals surface area contributed by atoms with Gasteiger partial charge in [-0.05, 0) is 53.4 Å². The van der Waals surface area contributed by atoms with Crippen LogP contribution >= 0.6 is 26.2 Å². The van der Waals surface area contributed by atoms with Crippen molar-refractivity contribution in [3.8, 4) is 0 Å². The average Bonchev–Trinajstić information content (AvgIpc) is 2.09. The number of hydrogen-bond donors (Lipinski definition) is 1. The highest BCUT2D eigenvalue weighted by atomic mass is 79.9. The SMILES string of the molecule is FS(F)(F)(F)(F)c1ccc(Br)c(NC2CCC2)c1. The molecule has 1 aliphatic rings. The van der Waals surface area contributed by atoms with Gasteiger partial charge in [-0.3, -0.25) is 0 Å². The summed E-state index contributed by atoms with van der Waals surface area (Å²) in [6.45, 7) is 0. The Labute approximate surface area is 110 Å². The Morgan fingerprint density at radius 1 is 1.11 bits per heavy atom. The van der Waals surface area contributed by atoms with Gasteiger partial charge in [-0.25, -0.2) is 0 Å². The highest BCUT2D eigenvalue weighted by molar-refractivity contribution is 9.10. The largest absolute Gasteiger partial charge is 0.381 e. The van der Waals surface area contributed by atoms with E-state index in [1.807, 2.05) is 0 Å². The van der Waals surface area contributed by atoms with E-state index in [9.17, 15) is 19.4 Å². The minimum Gasteiger partial charge on any atom is -0.381 e. The average molecular weight is 352 g/mol. The monoisotopic (exact) mass is 351 g/mol. The molecule has 0 aromatic heterocycles. The first-order valence-electron chi connectivity index (χ1n) is 5.26. The lowest BCUT2D eigenvalue weighted by molar-refractivity contribution is 0.364. The standard InChI is InChI=1S/C10H11BrF5NS/c11-9-5-4-8(18(12,13,14,15)16)6-10(9)17-7-2-1-3-7/h4-7,17H,1-3H2. The molecule has 0 unspecified atom stereocenters. The van der Waals surface area contributed by atoms with Crippen LogP contribution in [0.1, 0.15) is 19.3 Å². The van der Waals surface area contributed by atoms with Gasteiger partial charge in [0.1, 0.15) is 4.90 Å². The molecule has 1 N–H and O–H groups in total. The maximum Gasteiger partial charge on any atom is 0.310 e. The van der Waals surface area contributed by atoms with Crippen LogP contribution in [0.5, 0.6) is 0 Å². The molecule has 1 saturated carbocycles. The quantitative estimate of drug-likeness (QED) is 0.651. The zero-order chi connectivity index (χ0) is 13.7. The molecule has 104 valence electrons. The predicted molar refractivity (Wildman–Crippen MR) is 66.8 cm³/mol. The second-order valence-electron chi connectivity index (χ2n) is 4.38. The van der Waals surface area contributed by atoms with Crippen molar-refractivity contribution in [2.45, 2.75) is 30.2 Å². The molecule has 0 radical (unpaired) electrons. The van der Waals surface area contributed by atoms with Gasteiger partial charge < -0.3 is 5.32 Å². The first kappa shape index (κ1) is 13.9. The smallest absolute Gasteiger partial charge is 0.310 e. The molecule has 0 heterocycles. The number of anilines is 1. The lowest BCUT2D eigenvalue weighted by atomic mass is 9.93. The Hall–Kier alpha value is -0.500. The summed E-state index contributed by atoms with van der Waals surface area (Å²) < 4.78 is 63.6. The highest BCUT2D eigenvalue weighted by Crippen LogP contribution is 3.02. The summed E-state index contributed by atoms with van der Waals surface area (Å²) in [5.74, 6) is 0. The number of rotatable bonds is 3. The fraction of sp³-hybridized carbons (Fsp3) is 0.400. The first-order chi connectivity index (χ1) is 7.95. The van der Waals surface area contributed by atoms with Crippen molar-refractivity contribution in [3.05, 3.63) is 22.7 Å². The summed E-state index contributed by atoms with van der Waals surface area (Å²) in [7, 11) is -9.60. The van der Waals surface area contributed by atoms with Crippen LogP contribution in [-0.2, 0) is 0 Å². The summed E-state index contributed by atoms with van der Waals surface area (Å²) >= 11 is 3.05. The summed E-state index contributed by atoms with van der Waals surface area (Å²) in [6, 6.07) is 1.94. The Kier molecular flexibility index (Phi) is 2.73. The minimum absolute atomic E-state index is 0.0606. The van der Waals surface area contributed by atoms with E-state index in [4.69, 9.17) is 0 Å². The second-order valence-corrected chi connectivity index (χ2v) is 7.65. The molecule has 0 aliphatic heterocycles. The maximum atomic E-state index is 12.6. The number of hydrogen-bond acceptors (Lipinski definition) is 1. The molecule has 0 saturated heterocycles. The second kappa shape index (κ2) is 3.53. The molecular weight excluding hydrogens is 341 g/mol. The molecule has 1 fully saturated rings. The molecule has 1 aromatic carbocycles. The number of nitrogens with one attached hydrogen (secondary N) is 1. The van der Waals surface area contributed by atoms with Crippen molar-refractivity contribution in [1.29, 1.82) is 0 Å². The fourth-order valence-corrected chi connectivity index (χ4v) is 2.65. The van der Waals surface area contributed by atoms with Gasteiger partial charge >= 0.3 is 10.2 Å². The van der Waals surface area contributed by atoms with Crippen LogP contribution in [0.2, 0.25) is 0 Å². The van der Waals surface area contributed by atoms with E-state index in [1.54, 1.807) is 0 Å². The topological polar surface area (TPSA) is 12.0 Å². The van der Waals surface area contributed by atoms with Gasteiger partial charge in [-0.2, -0.15) is 0 Å². The van der Waals surface area contributed by atoms with Gasteiger partial charge in [0.05, 0.1) is 5.69 Å². The van der Waals surface area contributed by atoms with Gasteiger partial charge in [0.15, 0.2) is 0 Å². The third kappa shape index (κ3) is 3.09. The molecule has 0 atom stereocenters. The van der Waals surface area contributed by atoms with E-state index in [1.165, 1.54) is 0 Å². The molecule has 8 heteroatoms. The summed E-state index contributed by atoms with van der Waals surface area (Å²) in [5.41, 5.74) is 0.0606. The van der Waals surface area contributed by atoms with Gasteiger partial charge in [0.2, 0.25) is 0 Å². The third-order valence-electron chi connectivity index (χ3n) is 2.85. The lowest BCUT2D eigenvalue weighted by Gasteiger charge is -2.41. The molecule has 1 nitrogen and oxygen atoms in total. The predicted octanol–water partition coefficient (Wildman–Crippen LogP) is 6.07. The molecular formula is C10H11BrF5NS. The fourth-order valence-electron chi connectivity index (χ4n) is 1.63. The molecule has 1 aliphatic carbocycles. The highest BCUT2D eigenvalue weighted by Gasteiger charge is 2.65. The minimum atomic E-state index is -9.60. The van der Waals surface area contributed by atoms with Crippen LogP contribution in [0.15, 0.2) is 27.6 Å². The van der Waals surface area contributed by atoms with Crippen molar-refractivity contribution in [1.82, 2.24) is 0 Å². The van der Waals surface area contributed by atoms with Crippen LogP contribution in [0, 0.1) is 0 Å². The van der Waals surface area contributed by atoms with Gasteiger partial charge in [-0.15, -0.1) is 0 Å². The number of benzene rings is 1. The van der Waals surface area contributed by atoms with Gasteiger partial charge in [-0.1, -0.05) is 19.4 Å². The summed E-state index contributed by atoms with van der Waals surface area (Å²) in [6.07, 6.45) is 2.68. The normalized spacial score (nSPS) is 20.8. The van der Waals surface area contributed by atoms with Crippen LogP contribution in [0.25, 0.3) is 0 Å². The van der Waals surface area contributed by atoms with Crippen molar-refractivity contribution >= 4 is 31.8 Å². The Balaban J connectivity index is 2.38.